The molecule has 3 rings (SSSR count). The number of rotatable bonds is 4. The van der Waals surface area contributed by atoms with Gasteiger partial charge in [0.2, 0.25) is 5.91 Å². The van der Waals surface area contributed by atoms with Gasteiger partial charge in [0.25, 0.3) is 0 Å². The molecule has 2 heterocycles. The van der Waals surface area contributed by atoms with Crippen molar-refractivity contribution in [3.63, 3.8) is 0 Å². The van der Waals surface area contributed by atoms with E-state index in [-0.39, 0.29) is 11.8 Å². The number of hydrogen-bond acceptors (Lipinski definition) is 4. The smallest absolute Gasteiger partial charge is 0.225 e. The number of thiophene rings is 1. The average molecular weight is 361 g/mol. The molecule has 0 unspecified atom stereocenters. The summed E-state index contributed by atoms with van der Waals surface area (Å²) in [5.74, 6) is 0.497. The van der Waals surface area contributed by atoms with E-state index < -0.39 is 0 Å². The van der Waals surface area contributed by atoms with Crippen LogP contribution in [0.3, 0.4) is 0 Å². The Morgan fingerprint density at radius 2 is 2.13 bits per heavy atom. The summed E-state index contributed by atoms with van der Waals surface area (Å²) in [6, 6.07) is 13.8. The highest BCUT2D eigenvalue weighted by molar-refractivity contribution is 8.02. The van der Waals surface area contributed by atoms with Gasteiger partial charge in [0.05, 0.1) is 16.7 Å². The SMILES string of the molecule is N#CC1=C(SCc2ccc(Cl)cc2)NC(=O)C[C@@H]1c1cccs1. The summed E-state index contributed by atoms with van der Waals surface area (Å²) in [5, 5.41) is 15.7. The molecule has 1 aliphatic heterocycles. The van der Waals surface area contributed by atoms with E-state index in [9.17, 15) is 10.1 Å². The van der Waals surface area contributed by atoms with Gasteiger partial charge >= 0.3 is 0 Å². The molecule has 2 aromatic rings. The van der Waals surface area contributed by atoms with E-state index in [4.69, 9.17) is 11.6 Å². The first-order chi connectivity index (χ1) is 11.2. The Balaban J connectivity index is 1.83. The van der Waals surface area contributed by atoms with Crippen LogP contribution in [0, 0.1) is 11.3 Å². The van der Waals surface area contributed by atoms with E-state index in [0.717, 1.165) is 10.4 Å². The number of halogens is 1. The van der Waals surface area contributed by atoms with Crippen LogP contribution in [0.25, 0.3) is 0 Å². The summed E-state index contributed by atoms with van der Waals surface area (Å²) >= 11 is 8.95. The highest BCUT2D eigenvalue weighted by Crippen LogP contribution is 2.38. The second kappa shape index (κ2) is 7.22. The fraction of sp³-hybridized carbons (Fsp3) is 0.176. The number of nitrogens with zero attached hydrogens (tertiary/aromatic N) is 1. The molecule has 1 aliphatic rings. The van der Waals surface area contributed by atoms with Gasteiger partial charge in [-0.25, -0.2) is 0 Å². The molecule has 0 radical (unpaired) electrons. The second-order valence-corrected chi connectivity index (χ2v) is 7.49. The highest BCUT2D eigenvalue weighted by atomic mass is 35.5. The van der Waals surface area contributed by atoms with Crippen LogP contribution < -0.4 is 5.32 Å². The molecule has 1 aromatic carbocycles. The number of amides is 1. The average Bonchev–Trinajstić information content (AvgIpc) is 3.08. The summed E-state index contributed by atoms with van der Waals surface area (Å²) in [7, 11) is 0. The molecular weight excluding hydrogens is 348 g/mol. The first kappa shape index (κ1) is 16.1. The standard InChI is InChI=1S/C17H13ClN2OS2/c18-12-5-3-11(4-6-12)10-23-17-14(9-19)13(8-16(21)20-17)15-2-1-7-22-15/h1-7,13H,8,10H2,(H,20,21)/t13-/m0/s1. The van der Waals surface area contributed by atoms with Crippen molar-refractivity contribution in [2.75, 3.05) is 0 Å². The van der Waals surface area contributed by atoms with Crippen molar-refractivity contribution in [3.05, 3.63) is 67.8 Å². The van der Waals surface area contributed by atoms with Gasteiger partial charge in [-0.3, -0.25) is 4.79 Å². The van der Waals surface area contributed by atoms with E-state index >= 15 is 0 Å². The third-order valence-electron chi connectivity index (χ3n) is 3.54. The lowest BCUT2D eigenvalue weighted by atomic mass is 9.93. The molecule has 0 saturated heterocycles. The van der Waals surface area contributed by atoms with Crippen molar-refractivity contribution in [1.29, 1.82) is 5.26 Å². The van der Waals surface area contributed by atoms with Crippen molar-refractivity contribution in [3.8, 4) is 6.07 Å². The molecule has 1 atom stereocenters. The zero-order valence-electron chi connectivity index (χ0n) is 12.1. The summed E-state index contributed by atoms with van der Waals surface area (Å²) in [5.41, 5.74) is 1.74. The fourth-order valence-electron chi connectivity index (χ4n) is 2.40. The summed E-state index contributed by atoms with van der Waals surface area (Å²) in [6.45, 7) is 0. The normalized spacial score (nSPS) is 17.7. The molecule has 0 aliphatic carbocycles. The van der Waals surface area contributed by atoms with E-state index in [2.05, 4.69) is 11.4 Å². The molecule has 1 amide bonds. The first-order valence-electron chi connectivity index (χ1n) is 7.02. The maximum absolute atomic E-state index is 12.0. The maximum atomic E-state index is 12.0. The minimum absolute atomic E-state index is 0.0407. The Labute approximate surface area is 148 Å². The van der Waals surface area contributed by atoms with Gasteiger partial charge in [-0.05, 0) is 29.1 Å². The molecule has 1 aromatic heterocycles. The molecule has 0 saturated carbocycles. The Morgan fingerprint density at radius 1 is 1.35 bits per heavy atom. The number of thioether (sulfide) groups is 1. The number of carbonyl (C=O) groups excluding carboxylic acids is 1. The number of nitriles is 1. The van der Waals surface area contributed by atoms with Crippen LogP contribution in [0.1, 0.15) is 22.8 Å². The number of nitrogens with one attached hydrogen (secondary N) is 1. The Morgan fingerprint density at radius 3 is 2.78 bits per heavy atom. The molecule has 0 spiro atoms. The van der Waals surface area contributed by atoms with Crippen LogP contribution in [0.4, 0.5) is 0 Å². The zero-order chi connectivity index (χ0) is 16.2. The monoisotopic (exact) mass is 360 g/mol. The molecule has 0 fully saturated rings. The van der Waals surface area contributed by atoms with Gasteiger partial charge in [-0.15, -0.1) is 23.1 Å². The first-order valence-corrected chi connectivity index (χ1v) is 9.26. The lowest BCUT2D eigenvalue weighted by Crippen LogP contribution is -2.30. The number of allylic oxidation sites excluding steroid dienone is 1. The molecule has 23 heavy (non-hydrogen) atoms. The fourth-order valence-corrected chi connectivity index (χ4v) is 4.40. The van der Waals surface area contributed by atoms with Gasteiger partial charge in [-0.1, -0.05) is 29.8 Å². The Bertz CT molecular complexity index is 776. The molecule has 0 bridgehead atoms. The topological polar surface area (TPSA) is 52.9 Å². The van der Waals surface area contributed by atoms with Crippen molar-refractivity contribution < 1.29 is 4.79 Å². The Kier molecular flexibility index (Phi) is 5.06. The number of hydrogen-bond donors (Lipinski definition) is 1. The minimum Gasteiger partial charge on any atom is -0.320 e. The van der Waals surface area contributed by atoms with E-state index in [1.807, 2.05) is 41.8 Å². The molecule has 6 heteroatoms. The van der Waals surface area contributed by atoms with Gasteiger partial charge in [0.15, 0.2) is 0 Å². The van der Waals surface area contributed by atoms with Crippen LogP contribution >= 0.6 is 34.7 Å². The zero-order valence-corrected chi connectivity index (χ0v) is 14.5. The van der Waals surface area contributed by atoms with Crippen LogP contribution in [0.15, 0.2) is 52.4 Å². The quantitative estimate of drug-likeness (QED) is 0.861. The van der Waals surface area contributed by atoms with Gasteiger partial charge in [0.1, 0.15) is 0 Å². The predicted molar refractivity (Wildman–Crippen MR) is 95.2 cm³/mol. The summed E-state index contributed by atoms with van der Waals surface area (Å²) in [4.78, 5) is 13.1. The van der Waals surface area contributed by atoms with Crippen molar-refractivity contribution in [1.82, 2.24) is 5.32 Å². The molecular formula is C17H13ClN2OS2. The maximum Gasteiger partial charge on any atom is 0.225 e. The van der Waals surface area contributed by atoms with Crippen LogP contribution in [-0.4, -0.2) is 5.91 Å². The third-order valence-corrected chi connectivity index (χ3v) is 5.87. The summed E-state index contributed by atoms with van der Waals surface area (Å²) in [6.07, 6.45) is 0.328. The highest BCUT2D eigenvalue weighted by Gasteiger charge is 2.30. The van der Waals surface area contributed by atoms with E-state index in [1.165, 1.54) is 11.8 Å². The van der Waals surface area contributed by atoms with Gasteiger partial charge in [0, 0.05) is 28.0 Å². The van der Waals surface area contributed by atoms with Crippen molar-refractivity contribution >= 4 is 40.6 Å². The van der Waals surface area contributed by atoms with Gasteiger partial charge in [-0.2, -0.15) is 5.26 Å². The Hall–Kier alpha value is -1.74. The third kappa shape index (κ3) is 3.78. The van der Waals surface area contributed by atoms with Crippen LogP contribution in [0.5, 0.6) is 0 Å². The number of benzene rings is 1. The minimum atomic E-state index is -0.138. The van der Waals surface area contributed by atoms with Crippen molar-refractivity contribution in [2.45, 2.75) is 18.1 Å². The lowest BCUT2D eigenvalue weighted by molar-refractivity contribution is -0.120. The number of carbonyl (C=O) groups is 1. The molecule has 1 N–H and O–H groups in total. The largest absolute Gasteiger partial charge is 0.320 e. The van der Waals surface area contributed by atoms with E-state index in [1.54, 1.807) is 11.3 Å². The van der Waals surface area contributed by atoms with E-state index in [0.29, 0.717) is 27.8 Å². The van der Waals surface area contributed by atoms with Crippen LogP contribution in [-0.2, 0) is 10.5 Å². The molecule has 3 nitrogen and oxygen atoms in total. The second-order valence-electron chi connectivity index (χ2n) is 5.09. The predicted octanol–water partition coefficient (Wildman–Crippen LogP) is 4.67. The molecule has 116 valence electrons. The lowest BCUT2D eigenvalue weighted by Gasteiger charge is -2.24. The van der Waals surface area contributed by atoms with Crippen molar-refractivity contribution in [2.24, 2.45) is 0 Å². The summed E-state index contributed by atoms with van der Waals surface area (Å²) < 4.78 is 0. The van der Waals surface area contributed by atoms with Crippen LogP contribution in [0.2, 0.25) is 5.02 Å². The van der Waals surface area contributed by atoms with Gasteiger partial charge < -0.3 is 5.32 Å².